The van der Waals surface area contributed by atoms with Gasteiger partial charge in [0, 0.05) is 17.8 Å². The Morgan fingerprint density at radius 3 is 2.29 bits per heavy atom. The fourth-order valence-electron chi connectivity index (χ4n) is 3.08. The average molecular weight is 405 g/mol. The standard InChI is InChI=1S/C19H23N3O5S/c1-5-18(19(23)20-15-10-13(2)9-14(3)11-15)21(28(4,26)27)16-7-6-8-17(12-16)22(24)25/h6-12,18H,5H2,1-4H3,(H,20,23)/t18-/m0/s1. The number of hydrogen-bond donors (Lipinski definition) is 1. The zero-order valence-electron chi connectivity index (χ0n) is 16.2. The number of nitrogens with one attached hydrogen (secondary N) is 1. The van der Waals surface area contributed by atoms with Crippen molar-refractivity contribution in [1.82, 2.24) is 0 Å². The summed E-state index contributed by atoms with van der Waals surface area (Å²) in [6, 6.07) is 9.71. The number of aryl methyl sites for hydroxylation is 2. The van der Waals surface area contributed by atoms with Gasteiger partial charge in [0.1, 0.15) is 6.04 Å². The van der Waals surface area contributed by atoms with Crippen molar-refractivity contribution in [2.75, 3.05) is 15.9 Å². The van der Waals surface area contributed by atoms with Crippen molar-refractivity contribution in [3.05, 3.63) is 63.7 Å². The van der Waals surface area contributed by atoms with Gasteiger partial charge >= 0.3 is 0 Å². The Kier molecular flexibility index (Phi) is 6.40. The molecule has 2 aromatic carbocycles. The van der Waals surface area contributed by atoms with E-state index < -0.39 is 26.9 Å². The highest BCUT2D eigenvalue weighted by molar-refractivity contribution is 7.92. The van der Waals surface area contributed by atoms with Gasteiger partial charge in [0.05, 0.1) is 16.9 Å². The van der Waals surface area contributed by atoms with E-state index in [0.29, 0.717) is 5.69 Å². The summed E-state index contributed by atoms with van der Waals surface area (Å²) in [6.07, 6.45) is 1.16. The monoisotopic (exact) mass is 405 g/mol. The predicted octanol–water partition coefficient (Wildman–Crippen LogP) is 3.39. The van der Waals surface area contributed by atoms with E-state index in [9.17, 15) is 23.3 Å². The molecule has 0 fully saturated rings. The van der Waals surface area contributed by atoms with Crippen LogP contribution in [0.4, 0.5) is 17.1 Å². The van der Waals surface area contributed by atoms with E-state index in [-0.39, 0.29) is 17.8 Å². The maximum Gasteiger partial charge on any atom is 0.271 e. The smallest absolute Gasteiger partial charge is 0.271 e. The minimum absolute atomic E-state index is 0.0686. The third kappa shape index (κ3) is 5.07. The van der Waals surface area contributed by atoms with Gasteiger partial charge in [-0.15, -0.1) is 0 Å². The van der Waals surface area contributed by atoms with Gasteiger partial charge in [-0.05, 0) is 49.6 Å². The number of nitro benzene ring substituents is 1. The van der Waals surface area contributed by atoms with Gasteiger partial charge in [-0.3, -0.25) is 19.2 Å². The van der Waals surface area contributed by atoms with Crippen LogP contribution in [0.15, 0.2) is 42.5 Å². The summed E-state index contributed by atoms with van der Waals surface area (Å²) < 4.78 is 25.8. The van der Waals surface area contributed by atoms with E-state index in [2.05, 4.69) is 5.32 Å². The van der Waals surface area contributed by atoms with Crippen LogP contribution >= 0.6 is 0 Å². The number of benzene rings is 2. The molecule has 8 nitrogen and oxygen atoms in total. The Hall–Kier alpha value is -2.94. The number of amides is 1. The second-order valence-corrected chi connectivity index (χ2v) is 8.48. The predicted molar refractivity (Wildman–Crippen MR) is 109 cm³/mol. The van der Waals surface area contributed by atoms with E-state index >= 15 is 0 Å². The number of hydrogen-bond acceptors (Lipinski definition) is 5. The van der Waals surface area contributed by atoms with Crippen molar-refractivity contribution in [3.63, 3.8) is 0 Å². The van der Waals surface area contributed by atoms with Crippen LogP contribution in [0, 0.1) is 24.0 Å². The topological polar surface area (TPSA) is 110 Å². The average Bonchev–Trinajstić information content (AvgIpc) is 2.57. The molecule has 1 atom stereocenters. The van der Waals surface area contributed by atoms with Crippen LogP contribution in [0.1, 0.15) is 24.5 Å². The highest BCUT2D eigenvalue weighted by atomic mass is 32.2. The summed E-state index contributed by atoms with van der Waals surface area (Å²) in [4.78, 5) is 23.3. The van der Waals surface area contributed by atoms with E-state index in [0.717, 1.165) is 27.8 Å². The molecule has 0 bridgehead atoms. The summed E-state index contributed by atoms with van der Waals surface area (Å²) in [5.41, 5.74) is 2.30. The lowest BCUT2D eigenvalue weighted by molar-refractivity contribution is -0.384. The van der Waals surface area contributed by atoms with Gasteiger partial charge in [-0.2, -0.15) is 0 Å². The third-order valence-electron chi connectivity index (χ3n) is 4.11. The molecule has 0 unspecified atom stereocenters. The Labute approximate surface area is 164 Å². The number of carbonyl (C=O) groups excluding carboxylic acids is 1. The second kappa shape index (κ2) is 8.39. The van der Waals surface area contributed by atoms with Crippen LogP contribution in [-0.4, -0.2) is 31.5 Å². The molecule has 1 amide bonds. The van der Waals surface area contributed by atoms with Gasteiger partial charge in [-0.1, -0.05) is 19.1 Å². The first-order valence-corrected chi connectivity index (χ1v) is 10.5. The van der Waals surface area contributed by atoms with Gasteiger partial charge in [0.2, 0.25) is 15.9 Å². The highest BCUT2D eigenvalue weighted by Gasteiger charge is 2.32. The first-order valence-electron chi connectivity index (χ1n) is 8.66. The Balaban J connectivity index is 2.44. The van der Waals surface area contributed by atoms with Crippen LogP contribution in [0.3, 0.4) is 0 Å². The third-order valence-corrected chi connectivity index (χ3v) is 5.29. The molecule has 150 valence electrons. The maximum atomic E-state index is 12.9. The fraction of sp³-hybridized carbons (Fsp3) is 0.316. The van der Waals surface area contributed by atoms with E-state index in [4.69, 9.17) is 0 Å². The van der Waals surface area contributed by atoms with Crippen LogP contribution in [-0.2, 0) is 14.8 Å². The summed E-state index contributed by atoms with van der Waals surface area (Å²) in [5.74, 6) is -0.510. The minimum Gasteiger partial charge on any atom is -0.324 e. The van der Waals surface area contributed by atoms with Crippen molar-refractivity contribution in [1.29, 1.82) is 0 Å². The van der Waals surface area contributed by atoms with Crippen LogP contribution < -0.4 is 9.62 Å². The number of non-ortho nitro benzene ring substituents is 1. The Morgan fingerprint density at radius 1 is 1.18 bits per heavy atom. The lowest BCUT2D eigenvalue weighted by Gasteiger charge is -2.30. The quantitative estimate of drug-likeness (QED) is 0.561. The highest BCUT2D eigenvalue weighted by Crippen LogP contribution is 2.27. The zero-order valence-corrected chi connectivity index (χ0v) is 17.0. The van der Waals surface area contributed by atoms with E-state index in [1.165, 1.54) is 18.2 Å². The first kappa shape index (κ1) is 21.4. The molecular weight excluding hydrogens is 382 g/mol. The molecule has 0 saturated heterocycles. The molecular formula is C19H23N3O5S. The fourth-order valence-corrected chi connectivity index (χ4v) is 4.28. The SMILES string of the molecule is CC[C@@H](C(=O)Nc1cc(C)cc(C)c1)N(c1cccc([N+](=O)[O-])c1)S(C)(=O)=O. The summed E-state index contributed by atoms with van der Waals surface area (Å²) >= 11 is 0. The molecule has 1 N–H and O–H groups in total. The van der Waals surface area contributed by atoms with Crippen LogP contribution in [0.5, 0.6) is 0 Å². The number of rotatable bonds is 7. The molecule has 0 aromatic heterocycles. The first-order chi connectivity index (χ1) is 13.0. The number of sulfonamides is 1. The van der Waals surface area contributed by atoms with Gasteiger partial charge in [-0.25, -0.2) is 8.42 Å². The molecule has 0 heterocycles. The van der Waals surface area contributed by atoms with Gasteiger partial charge in [0.25, 0.3) is 5.69 Å². The molecule has 0 radical (unpaired) electrons. The van der Waals surface area contributed by atoms with Gasteiger partial charge < -0.3 is 5.32 Å². The molecule has 0 spiro atoms. The van der Waals surface area contributed by atoms with Crippen molar-refractivity contribution < 1.29 is 18.1 Å². The summed E-state index contributed by atoms with van der Waals surface area (Å²) in [7, 11) is -3.88. The molecule has 2 rings (SSSR count). The van der Waals surface area contributed by atoms with Crippen LogP contribution in [0.25, 0.3) is 0 Å². The summed E-state index contributed by atoms with van der Waals surface area (Å²) in [6.45, 7) is 5.47. The van der Waals surface area contributed by atoms with Crippen molar-refractivity contribution in [2.45, 2.75) is 33.2 Å². The normalized spacial score (nSPS) is 12.3. The molecule has 0 aliphatic carbocycles. The maximum absolute atomic E-state index is 12.9. The lowest BCUT2D eigenvalue weighted by Crippen LogP contribution is -2.47. The van der Waals surface area contributed by atoms with E-state index in [1.54, 1.807) is 19.1 Å². The Morgan fingerprint density at radius 2 is 1.79 bits per heavy atom. The summed E-state index contributed by atoms with van der Waals surface area (Å²) in [5, 5.41) is 13.8. The molecule has 9 heteroatoms. The lowest BCUT2D eigenvalue weighted by atomic mass is 10.1. The van der Waals surface area contributed by atoms with Crippen molar-refractivity contribution >= 4 is 33.0 Å². The van der Waals surface area contributed by atoms with E-state index in [1.807, 2.05) is 19.9 Å². The van der Waals surface area contributed by atoms with Crippen LogP contribution in [0.2, 0.25) is 0 Å². The number of carbonyl (C=O) groups is 1. The largest absolute Gasteiger partial charge is 0.324 e. The zero-order chi connectivity index (χ0) is 21.1. The number of nitro groups is 1. The Bertz CT molecular complexity index is 984. The van der Waals surface area contributed by atoms with Crippen molar-refractivity contribution in [2.24, 2.45) is 0 Å². The molecule has 0 saturated carbocycles. The minimum atomic E-state index is -3.88. The number of nitrogens with zero attached hydrogens (tertiary/aromatic N) is 2. The molecule has 0 aliphatic rings. The van der Waals surface area contributed by atoms with Crippen molar-refractivity contribution in [3.8, 4) is 0 Å². The molecule has 28 heavy (non-hydrogen) atoms. The number of anilines is 2. The molecule has 2 aromatic rings. The van der Waals surface area contributed by atoms with Gasteiger partial charge in [0.15, 0.2) is 0 Å². The second-order valence-electron chi connectivity index (χ2n) is 6.63. The molecule has 0 aliphatic heterocycles.